The highest BCUT2D eigenvalue weighted by Crippen LogP contribution is 2.35. The van der Waals surface area contributed by atoms with Crippen molar-refractivity contribution >= 4 is 5.91 Å². The molecule has 0 aromatic heterocycles. The van der Waals surface area contributed by atoms with Crippen LogP contribution in [0.4, 0.5) is 0 Å². The van der Waals surface area contributed by atoms with E-state index in [1.165, 1.54) is 6.42 Å². The van der Waals surface area contributed by atoms with Gasteiger partial charge < -0.3 is 11.1 Å². The fourth-order valence-electron chi connectivity index (χ4n) is 2.17. The fraction of sp³-hybridized carbons (Fsp3) is 0.750. The summed E-state index contributed by atoms with van der Waals surface area (Å²) in [6.45, 7) is 6.73. The molecule has 0 radical (unpaired) electrons. The number of nitrogens with two attached hydrogens (primary N) is 1. The molecule has 3 N–H and O–H groups in total. The third-order valence-electron chi connectivity index (χ3n) is 3.23. The number of carbonyl (C=O) groups excluding carboxylic acids is 1. The summed E-state index contributed by atoms with van der Waals surface area (Å²) in [5.41, 5.74) is 6.44. The van der Waals surface area contributed by atoms with Crippen LogP contribution in [0.2, 0.25) is 0 Å². The van der Waals surface area contributed by atoms with Crippen molar-refractivity contribution in [2.75, 3.05) is 13.1 Å². The Kier molecular flexibility index (Phi) is 4.33. The first-order chi connectivity index (χ1) is 7.10. The summed E-state index contributed by atoms with van der Waals surface area (Å²) in [5, 5.41) is 2.93. The number of amides is 1. The summed E-state index contributed by atoms with van der Waals surface area (Å²) in [7, 11) is 0. The smallest absolute Gasteiger partial charge is 0.227 e. The summed E-state index contributed by atoms with van der Waals surface area (Å²) in [5.74, 6) is 0.118. The Morgan fingerprint density at radius 2 is 2.00 bits per heavy atom. The zero-order valence-electron chi connectivity index (χ0n) is 9.64. The van der Waals surface area contributed by atoms with Crippen LogP contribution in [0.15, 0.2) is 12.2 Å². The lowest BCUT2D eigenvalue weighted by atomic mass is 9.73. The van der Waals surface area contributed by atoms with Gasteiger partial charge in [0.1, 0.15) is 0 Å². The van der Waals surface area contributed by atoms with Crippen LogP contribution >= 0.6 is 0 Å². The number of hydrogen-bond donors (Lipinski definition) is 2. The first kappa shape index (κ1) is 12.2. The van der Waals surface area contributed by atoms with Gasteiger partial charge in [-0.3, -0.25) is 4.79 Å². The molecule has 1 aliphatic carbocycles. The summed E-state index contributed by atoms with van der Waals surface area (Å²) in [6, 6.07) is 0. The maximum atomic E-state index is 12.0. The Bertz CT molecular complexity index is 242. The molecule has 0 heterocycles. The minimum Gasteiger partial charge on any atom is -0.352 e. The van der Waals surface area contributed by atoms with Gasteiger partial charge >= 0.3 is 0 Å². The van der Waals surface area contributed by atoms with Crippen LogP contribution in [0.25, 0.3) is 0 Å². The first-order valence-electron chi connectivity index (χ1n) is 5.73. The summed E-state index contributed by atoms with van der Waals surface area (Å²) < 4.78 is 0. The third-order valence-corrected chi connectivity index (χ3v) is 3.23. The maximum Gasteiger partial charge on any atom is 0.227 e. The Morgan fingerprint density at radius 1 is 1.40 bits per heavy atom. The SMILES string of the molecule is C=C(C)CNC(=O)C1(CN)CCCCC1. The number of nitrogens with one attached hydrogen (secondary N) is 1. The second-order valence-corrected chi connectivity index (χ2v) is 4.68. The van der Waals surface area contributed by atoms with E-state index in [1.807, 2.05) is 6.92 Å². The second-order valence-electron chi connectivity index (χ2n) is 4.68. The largest absolute Gasteiger partial charge is 0.352 e. The van der Waals surface area contributed by atoms with Crippen LogP contribution in [0.3, 0.4) is 0 Å². The fourth-order valence-corrected chi connectivity index (χ4v) is 2.17. The summed E-state index contributed by atoms with van der Waals surface area (Å²) >= 11 is 0. The number of hydrogen-bond acceptors (Lipinski definition) is 2. The number of carbonyl (C=O) groups is 1. The zero-order valence-corrected chi connectivity index (χ0v) is 9.64. The van der Waals surface area contributed by atoms with Crippen LogP contribution in [-0.4, -0.2) is 19.0 Å². The molecule has 0 saturated heterocycles. The van der Waals surface area contributed by atoms with Gasteiger partial charge in [0.15, 0.2) is 0 Å². The molecule has 1 amide bonds. The normalized spacial score (nSPS) is 19.6. The van der Waals surface area contributed by atoms with Crippen molar-refractivity contribution in [2.45, 2.75) is 39.0 Å². The standard InChI is InChI=1S/C12H22N2O/c1-10(2)8-14-11(15)12(9-13)6-4-3-5-7-12/h1,3-9,13H2,2H3,(H,14,15). The van der Waals surface area contributed by atoms with Gasteiger partial charge in [-0.1, -0.05) is 31.4 Å². The van der Waals surface area contributed by atoms with E-state index >= 15 is 0 Å². The molecule has 0 atom stereocenters. The molecule has 15 heavy (non-hydrogen) atoms. The molecule has 0 bridgehead atoms. The van der Waals surface area contributed by atoms with E-state index in [0.29, 0.717) is 13.1 Å². The van der Waals surface area contributed by atoms with Crippen molar-refractivity contribution < 1.29 is 4.79 Å². The highest BCUT2D eigenvalue weighted by atomic mass is 16.2. The maximum absolute atomic E-state index is 12.0. The molecule has 3 nitrogen and oxygen atoms in total. The molecule has 0 spiro atoms. The van der Waals surface area contributed by atoms with Crippen molar-refractivity contribution in [3.8, 4) is 0 Å². The Labute approximate surface area is 92.1 Å². The second kappa shape index (κ2) is 5.31. The van der Waals surface area contributed by atoms with Crippen molar-refractivity contribution in [3.63, 3.8) is 0 Å². The third kappa shape index (κ3) is 3.06. The Balaban J connectivity index is 2.55. The van der Waals surface area contributed by atoms with Gasteiger partial charge in [0.05, 0.1) is 5.41 Å². The zero-order chi connectivity index (χ0) is 11.3. The molecular weight excluding hydrogens is 188 g/mol. The molecular formula is C12H22N2O. The van der Waals surface area contributed by atoms with Gasteiger partial charge in [0, 0.05) is 13.1 Å². The lowest BCUT2D eigenvalue weighted by Gasteiger charge is -2.34. The topological polar surface area (TPSA) is 55.1 Å². The average Bonchev–Trinajstić information content (AvgIpc) is 2.26. The molecule has 1 rings (SSSR count). The van der Waals surface area contributed by atoms with Crippen LogP contribution in [0.5, 0.6) is 0 Å². The number of rotatable bonds is 4. The van der Waals surface area contributed by atoms with Gasteiger partial charge in [-0.2, -0.15) is 0 Å². The summed E-state index contributed by atoms with van der Waals surface area (Å²) in [6.07, 6.45) is 5.35. The molecule has 1 aliphatic rings. The van der Waals surface area contributed by atoms with Gasteiger partial charge in [0.25, 0.3) is 0 Å². The minimum absolute atomic E-state index is 0.118. The lowest BCUT2D eigenvalue weighted by molar-refractivity contribution is -0.132. The monoisotopic (exact) mass is 210 g/mol. The average molecular weight is 210 g/mol. The van der Waals surface area contributed by atoms with Crippen molar-refractivity contribution in [1.29, 1.82) is 0 Å². The van der Waals surface area contributed by atoms with Gasteiger partial charge in [-0.25, -0.2) is 0 Å². The molecule has 0 aromatic carbocycles. The van der Waals surface area contributed by atoms with Crippen LogP contribution in [0, 0.1) is 5.41 Å². The van der Waals surface area contributed by atoms with E-state index in [2.05, 4.69) is 11.9 Å². The van der Waals surface area contributed by atoms with E-state index in [9.17, 15) is 4.79 Å². The van der Waals surface area contributed by atoms with Crippen molar-refractivity contribution in [1.82, 2.24) is 5.32 Å². The summed E-state index contributed by atoms with van der Waals surface area (Å²) in [4.78, 5) is 12.0. The molecule has 0 unspecified atom stereocenters. The predicted octanol–water partition coefficient (Wildman–Crippen LogP) is 1.59. The first-order valence-corrected chi connectivity index (χ1v) is 5.73. The highest BCUT2D eigenvalue weighted by Gasteiger charge is 2.37. The molecule has 86 valence electrons. The van der Waals surface area contributed by atoms with E-state index in [4.69, 9.17) is 5.73 Å². The van der Waals surface area contributed by atoms with Crippen LogP contribution in [0.1, 0.15) is 39.0 Å². The minimum atomic E-state index is -0.298. The van der Waals surface area contributed by atoms with Gasteiger partial charge in [-0.05, 0) is 19.8 Å². The molecule has 3 heteroatoms. The highest BCUT2D eigenvalue weighted by molar-refractivity contribution is 5.83. The Hall–Kier alpha value is -0.830. The van der Waals surface area contributed by atoms with E-state index < -0.39 is 0 Å². The van der Waals surface area contributed by atoms with Crippen LogP contribution in [-0.2, 0) is 4.79 Å². The van der Waals surface area contributed by atoms with E-state index in [0.717, 1.165) is 31.3 Å². The predicted molar refractivity (Wildman–Crippen MR) is 62.4 cm³/mol. The van der Waals surface area contributed by atoms with E-state index in [-0.39, 0.29) is 11.3 Å². The Morgan fingerprint density at radius 3 is 2.47 bits per heavy atom. The lowest BCUT2D eigenvalue weighted by Crippen LogP contribution is -2.47. The molecule has 0 aliphatic heterocycles. The van der Waals surface area contributed by atoms with Gasteiger partial charge in [-0.15, -0.1) is 0 Å². The molecule has 1 saturated carbocycles. The molecule has 1 fully saturated rings. The van der Waals surface area contributed by atoms with Crippen molar-refractivity contribution in [2.24, 2.45) is 11.1 Å². The molecule has 0 aromatic rings. The van der Waals surface area contributed by atoms with Gasteiger partial charge in [0.2, 0.25) is 5.91 Å². The van der Waals surface area contributed by atoms with Crippen LogP contribution < -0.4 is 11.1 Å². The van der Waals surface area contributed by atoms with E-state index in [1.54, 1.807) is 0 Å². The quantitative estimate of drug-likeness (QED) is 0.692. The van der Waals surface area contributed by atoms with Crippen molar-refractivity contribution in [3.05, 3.63) is 12.2 Å².